The van der Waals surface area contributed by atoms with Gasteiger partial charge in [0, 0.05) is 11.3 Å². The van der Waals surface area contributed by atoms with Crippen molar-refractivity contribution in [3.05, 3.63) is 59.7 Å². The number of rotatable bonds is 9. The van der Waals surface area contributed by atoms with Gasteiger partial charge in [-0.15, -0.1) is 0 Å². The lowest BCUT2D eigenvalue weighted by Crippen LogP contribution is -2.44. The van der Waals surface area contributed by atoms with Gasteiger partial charge in [0.2, 0.25) is 5.91 Å². The zero-order valence-electron chi connectivity index (χ0n) is 16.0. The average molecular weight is 387 g/mol. The Hall–Kier alpha value is -2.47. The van der Waals surface area contributed by atoms with Crippen LogP contribution in [-0.2, 0) is 11.2 Å². The van der Waals surface area contributed by atoms with Crippen molar-refractivity contribution >= 4 is 29.3 Å². The molecule has 0 unspecified atom stereocenters. The van der Waals surface area contributed by atoms with Crippen LogP contribution < -0.4 is 15.4 Å². The molecular formula is C21H26N2O3S. The molecule has 2 rings (SSSR count). The van der Waals surface area contributed by atoms with E-state index >= 15 is 0 Å². The Kier molecular flexibility index (Phi) is 8.20. The Balaban J connectivity index is 2.05. The maximum absolute atomic E-state index is 12.7. The maximum Gasteiger partial charge on any atom is 0.251 e. The van der Waals surface area contributed by atoms with E-state index in [4.69, 9.17) is 4.74 Å². The van der Waals surface area contributed by atoms with Crippen LogP contribution in [0.2, 0.25) is 0 Å². The standard InChI is InChI=1S/C21H26N2O3S/c1-4-15-5-9-17(10-6-15)22-21(25)19(13-14-27-3)23-20(24)16-7-11-18(26-2)12-8-16/h5-12,19H,4,13-14H2,1-3H3,(H,22,25)(H,23,24)/t19-/m0/s1. The molecule has 0 radical (unpaired) electrons. The zero-order valence-corrected chi connectivity index (χ0v) is 16.8. The molecule has 0 aromatic heterocycles. The number of aryl methyl sites for hydroxylation is 1. The molecule has 5 nitrogen and oxygen atoms in total. The second-order valence-corrected chi connectivity index (χ2v) is 7.06. The highest BCUT2D eigenvalue weighted by Crippen LogP contribution is 2.14. The van der Waals surface area contributed by atoms with E-state index < -0.39 is 6.04 Å². The molecule has 0 saturated heterocycles. The molecule has 0 aliphatic rings. The number of benzene rings is 2. The molecule has 0 fully saturated rings. The highest BCUT2D eigenvalue weighted by molar-refractivity contribution is 7.98. The van der Waals surface area contributed by atoms with Crippen LogP contribution in [0.25, 0.3) is 0 Å². The van der Waals surface area contributed by atoms with Gasteiger partial charge in [0.05, 0.1) is 7.11 Å². The molecule has 6 heteroatoms. The van der Waals surface area contributed by atoms with Gasteiger partial charge >= 0.3 is 0 Å². The molecular weight excluding hydrogens is 360 g/mol. The summed E-state index contributed by atoms with van der Waals surface area (Å²) >= 11 is 1.64. The second kappa shape index (κ2) is 10.6. The third-order valence-corrected chi connectivity index (χ3v) is 4.86. The van der Waals surface area contributed by atoms with Crippen molar-refractivity contribution < 1.29 is 14.3 Å². The summed E-state index contributed by atoms with van der Waals surface area (Å²) in [5, 5.41) is 5.74. The second-order valence-electron chi connectivity index (χ2n) is 6.08. The van der Waals surface area contributed by atoms with E-state index in [9.17, 15) is 9.59 Å². The summed E-state index contributed by atoms with van der Waals surface area (Å²) in [6, 6.07) is 14.0. The predicted molar refractivity (Wildman–Crippen MR) is 112 cm³/mol. The lowest BCUT2D eigenvalue weighted by Gasteiger charge is -2.18. The normalized spacial score (nSPS) is 11.5. The Morgan fingerprint density at radius 2 is 1.74 bits per heavy atom. The average Bonchev–Trinajstić information content (AvgIpc) is 2.71. The molecule has 27 heavy (non-hydrogen) atoms. The number of anilines is 1. The molecule has 0 heterocycles. The van der Waals surface area contributed by atoms with Crippen LogP contribution in [0.5, 0.6) is 5.75 Å². The molecule has 2 aromatic carbocycles. The summed E-state index contributed by atoms with van der Waals surface area (Å²) in [4.78, 5) is 25.2. The molecule has 0 aliphatic heterocycles. The number of thioether (sulfide) groups is 1. The highest BCUT2D eigenvalue weighted by Gasteiger charge is 2.21. The number of hydrogen-bond donors (Lipinski definition) is 2. The van der Waals surface area contributed by atoms with Gasteiger partial charge < -0.3 is 15.4 Å². The monoisotopic (exact) mass is 386 g/mol. The number of amides is 2. The van der Waals surface area contributed by atoms with Crippen molar-refractivity contribution in [1.82, 2.24) is 5.32 Å². The minimum atomic E-state index is -0.599. The van der Waals surface area contributed by atoms with Crippen molar-refractivity contribution in [2.24, 2.45) is 0 Å². The molecule has 1 atom stereocenters. The first-order valence-electron chi connectivity index (χ1n) is 8.91. The fourth-order valence-corrected chi connectivity index (χ4v) is 3.01. The Morgan fingerprint density at radius 1 is 1.07 bits per heavy atom. The summed E-state index contributed by atoms with van der Waals surface area (Å²) in [6.07, 6.45) is 3.48. The van der Waals surface area contributed by atoms with Crippen LogP contribution >= 0.6 is 11.8 Å². The summed E-state index contributed by atoms with van der Waals surface area (Å²) < 4.78 is 5.11. The van der Waals surface area contributed by atoms with Crippen LogP contribution in [-0.4, -0.2) is 37.0 Å². The van der Waals surface area contributed by atoms with Crippen molar-refractivity contribution in [3.63, 3.8) is 0 Å². The molecule has 2 aromatic rings. The molecule has 0 bridgehead atoms. The summed E-state index contributed by atoms with van der Waals surface area (Å²) in [6.45, 7) is 2.08. The van der Waals surface area contributed by atoms with E-state index in [0.717, 1.165) is 17.9 Å². The largest absolute Gasteiger partial charge is 0.497 e. The minimum absolute atomic E-state index is 0.213. The van der Waals surface area contributed by atoms with Gasteiger partial charge in [-0.05, 0) is 66.8 Å². The molecule has 2 N–H and O–H groups in total. The number of carbonyl (C=O) groups excluding carboxylic acids is 2. The van der Waals surface area contributed by atoms with Crippen molar-refractivity contribution in [3.8, 4) is 5.75 Å². The molecule has 0 aliphatic carbocycles. The fraction of sp³-hybridized carbons (Fsp3) is 0.333. The summed E-state index contributed by atoms with van der Waals surface area (Å²) in [5.74, 6) is 0.963. The van der Waals surface area contributed by atoms with E-state index in [-0.39, 0.29) is 11.8 Å². The third-order valence-electron chi connectivity index (χ3n) is 4.21. The van der Waals surface area contributed by atoms with Gasteiger partial charge in [-0.2, -0.15) is 11.8 Å². The van der Waals surface area contributed by atoms with E-state index in [1.807, 2.05) is 30.5 Å². The van der Waals surface area contributed by atoms with Gasteiger partial charge in [0.1, 0.15) is 11.8 Å². The van der Waals surface area contributed by atoms with Gasteiger partial charge in [-0.1, -0.05) is 19.1 Å². The first-order chi connectivity index (χ1) is 13.1. The lowest BCUT2D eigenvalue weighted by molar-refractivity contribution is -0.118. The van der Waals surface area contributed by atoms with E-state index in [2.05, 4.69) is 17.6 Å². The quantitative estimate of drug-likeness (QED) is 0.689. The van der Waals surface area contributed by atoms with Crippen LogP contribution in [0, 0.1) is 0 Å². The molecule has 144 valence electrons. The van der Waals surface area contributed by atoms with Crippen LogP contribution in [0.1, 0.15) is 29.3 Å². The molecule has 0 spiro atoms. The van der Waals surface area contributed by atoms with Crippen LogP contribution in [0.4, 0.5) is 5.69 Å². The number of methoxy groups -OCH3 is 1. The molecule has 2 amide bonds. The molecule has 0 saturated carbocycles. The third kappa shape index (κ3) is 6.32. The van der Waals surface area contributed by atoms with Gasteiger partial charge in [0.25, 0.3) is 5.91 Å². The Labute approximate surface area is 164 Å². The number of nitrogens with one attached hydrogen (secondary N) is 2. The Morgan fingerprint density at radius 3 is 2.30 bits per heavy atom. The van der Waals surface area contributed by atoms with Gasteiger partial charge in [0.15, 0.2) is 0 Å². The van der Waals surface area contributed by atoms with Crippen molar-refractivity contribution in [2.75, 3.05) is 24.4 Å². The SMILES string of the molecule is CCc1ccc(NC(=O)[C@H](CCSC)NC(=O)c2ccc(OC)cc2)cc1. The van der Waals surface area contributed by atoms with E-state index in [1.54, 1.807) is 43.1 Å². The zero-order chi connectivity index (χ0) is 19.6. The minimum Gasteiger partial charge on any atom is -0.497 e. The number of hydrogen-bond acceptors (Lipinski definition) is 4. The number of carbonyl (C=O) groups is 2. The summed E-state index contributed by atoms with van der Waals surface area (Å²) in [7, 11) is 1.57. The summed E-state index contributed by atoms with van der Waals surface area (Å²) in [5.41, 5.74) is 2.43. The topological polar surface area (TPSA) is 67.4 Å². The van der Waals surface area contributed by atoms with Crippen LogP contribution in [0.3, 0.4) is 0 Å². The smallest absolute Gasteiger partial charge is 0.251 e. The van der Waals surface area contributed by atoms with E-state index in [1.165, 1.54) is 5.56 Å². The van der Waals surface area contributed by atoms with Crippen molar-refractivity contribution in [1.29, 1.82) is 0 Å². The Bertz CT molecular complexity index is 745. The fourth-order valence-electron chi connectivity index (χ4n) is 2.54. The van der Waals surface area contributed by atoms with Crippen molar-refractivity contribution in [2.45, 2.75) is 25.8 Å². The van der Waals surface area contributed by atoms with E-state index in [0.29, 0.717) is 17.7 Å². The first-order valence-corrected chi connectivity index (χ1v) is 10.3. The van der Waals surface area contributed by atoms with Crippen LogP contribution in [0.15, 0.2) is 48.5 Å². The maximum atomic E-state index is 12.7. The first kappa shape index (κ1) is 20.8. The predicted octanol–water partition coefficient (Wildman–Crippen LogP) is 3.75. The number of ether oxygens (including phenoxy) is 1. The van der Waals surface area contributed by atoms with Gasteiger partial charge in [-0.3, -0.25) is 9.59 Å². The van der Waals surface area contributed by atoms with Gasteiger partial charge in [-0.25, -0.2) is 0 Å². The highest BCUT2D eigenvalue weighted by atomic mass is 32.2. The lowest BCUT2D eigenvalue weighted by atomic mass is 10.1.